The lowest BCUT2D eigenvalue weighted by Crippen LogP contribution is -2.24. The fourth-order valence-corrected chi connectivity index (χ4v) is 2.92. The van der Waals surface area contributed by atoms with Crippen molar-refractivity contribution >= 4 is 23.7 Å². The van der Waals surface area contributed by atoms with Crippen LogP contribution in [0.25, 0.3) is 6.08 Å². The fourth-order valence-electron chi connectivity index (χ4n) is 2.52. The molecule has 2 aromatic carbocycles. The maximum Gasteiger partial charge on any atom is 0.246 e. The summed E-state index contributed by atoms with van der Waals surface area (Å²) >= 11 is 1.70. The van der Waals surface area contributed by atoms with Gasteiger partial charge in [0, 0.05) is 24.6 Å². The van der Waals surface area contributed by atoms with Crippen LogP contribution in [-0.2, 0) is 11.3 Å². The smallest absolute Gasteiger partial charge is 0.246 e. The first-order valence-electron chi connectivity index (χ1n) is 8.83. The van der Waals surface area contributed by atoms with Gasteiger partial charge in [-0.1, -0.05) is 18.2 Å². The van der Waals surface area contributed by atoms with Crippen LogP contribution in [0.3, 0.4) is 0 Å². The quantitative estimate of drug-likeness (QED) is 0.480. The van der Waals surface area contributed by atoms with Gasteiger partial charge in [0.05, 0.1) is 13.2 Å². The van der Waals surface area contributed by atoms with Crippen LogP contribution < -0.4 is 9.47 Å². The summed E-state index contributed by atoms with van der Waals surface area (Å²) in [6.07, 6.45) is 5.48. The second-order valence-electron chi connectivity index (χ2n) is 6.45. The minimum absolute atomic E-state index is 0.0505. The van der Waals surface area contributed by atoms with Gasteiger partial charge in [-0.15, -0.1) is 11.8 Å². The molecule has 0 saturated carbocycles. The van der Waals surface area contributed by atoms with Crippen LogP contribution in [0.4, 0.5) is 0 Å². The lowest BCUT2D eigenvalue weighted by atomic mass is 10.1. The number of nitrogens with zero attached hydrogens (tertiary/aromatic N) is 1. The molecule has 0 heterocycles. The first-order valence-corrected chi connectivity index (χ1v) is 10.1. The molecule has 27 heavy (non-hydrogen) atoms. The van der Waals surface area contributed by atoms with Gasteiger partial charge in [-0.3, -0.25) is 4.79 Å². The summed E-state index contributed by atoms with van der Waals surface area (Å²) < 4.78 is 11.1. The number of methoxy groups -OCH3 is 1. The molecule has 0 aromatic heterocycles. The topological polar surface area (TPSA) is 38.8 Å². The zero-order valence-electron chi connectivity index (χ0n) is 16.6. The predicted octanol–water partition coefficient (Wildman–Crippen LogP) is 4.88. The van der Waals surface area contributed by atoms with E-state index in [1.807, 2.05) is 38.3 Å². The number of hydrogen-bond acceptors (Lipinski definition) is 4. The number of benzene rings is 2. The molecular formula is C22H27NO3S. The van der Waals surface area contributed by atoms with Crippen molar-refractivity contribution in [2.24, 2.45) is 0 Å². The zero-order valence-corrected chi connectivity index (χ0v) is 17.4. The van der Waals surface area contributed by atoms with Crippen molar-refractivity contribution in [3.63, 3.8) is 0 Å². The van der Waals surface area contributed by atoms with E-state index in [-0.39, 0.29) is 12.0 Å². The van der Waals surface area contributed by atoms with Gasteiger partial charge < -0.3 is 14.4 Å². The Morgan fingerprint density at radius 3 is 2.44 bits per heavy atom. The monoisotopic (exact) mass is 385 g/mol. The summed E-state index contributed by atoms with van der Waals surface area (Å²) in [7, 11) is 3.41. The molecular weight excluding hydrogens is 358 g/mol. The Morgan fingerprint density at radius 1 is 1.15 bits per heavy atom. The number of amides is 1. The Kier molecular flexibility index (Phi) is 7.80. The molecule has 0 aliphatic rings. The molecule has 144 valence electrons. The molecule has 1 amide bonds. The van der Waals surface area contributed by atoms with E-state index in [1.54, 1.807) is 43.0 Å². The molecule has 0 bridgehead atoms. The fraction of sp³-hybridized carbons (Fsp3) is 0.318. The van der Waals surface area contributed by atoms with E-state index in [4.69, 9.17) is 9.47 Å². The lowest BCUT2D eigenvalue weighted by Gasteiger charge is -2.15. The molecule has 2 rings (SSSR count). The van der Waals surface area contributed by atoms with Gasteiger partial charge >= 0.3 is 0 Å². The van der Waals surface area contributed by atoms with Gasteiger partial charge in [0.25, 0.3) is 0 Å². The molecule has 2 aromatic rings. The van der Waals surface area contributed by atoms with E-state index in [2.05, 4.69) is 24.3 Å². The van der Waals surface area contributed by atoms with Crippen molar-refractivity contribution < 1.29 is 14.3 Å². The van der Waals surface area contributed by atoms with Crippen LogP contribution >= 0.6 is 11.8 Å². The van der Waals surface area contributed by atoms with E-state index in [0.717, 1.165) is 11.1 Å². The Morgan fingerprint density at radius 2 is 1.85 bits per heavy atom. The van der Waals surface area contributed by atoms with Gasteiger partial charge in [-0.2, -0.15) is 0 Å². The summed E-state index contributed by atoms with van der Waals surface area (Å²) in [5.74, 6) is 1.30. The summed E-state index contributed by atoms with van der Waals surface area (Å²) in [6.45, 7) is 4.51. The summed E-state index contributed by atoms with van der Waals surface area (Å²) in [4.78, 5) is 15.3. The maximum absolute atomic E-state index is 12.4. The van der Waals surface area contributed by atoms with Gasteiger partial charge in [0.1, 0.15) is 0 Å². The van der Waals surface area contributed by atoms with Crippen molar-refractivity contribution in [2.45, 2.75) is 31.4 Å². The number of ether oxygens (including phenoxy) is 2. The third-order valence-electron chi connectivity index (χ3n) is 3.92. The molecule has 0 N–H and O–H groups in total. The van der Waals surface area contributed by atoms with Crippen LogP contribution in [0.5, 0.6) is 11.5 Å². The summed E-state index contributed by atoms with van der Waals surface area (Å²) in [5, 5.41) is 0. The first-order chi connectivity index (χ1) is 12.9. The molecule has 0 fully saturated rings. The van der Waals surface area contributed by atoms with Gasteiger partial charge in [0.2, 0.25) is 5.91 Å². The number of carbonyl (C=O) groups excluding carboxylic acids is 1. The van der Waals surface area contributed by atoms with E-state index in [1.165, 1.54) is 4.90 Å². The van der Waals surface area contributed by atoms with Crippen LogP contribution in [0.2, 0.25) is 0 Å². The van der Waals surface area contributed by atoms with Crippen molar-refractivity contribution in [1.29, 1.82) is 0 Å². The van der Waals surface area contributed by atoms with E-state index < -0.39 is 0 Å². The molecule has 0 spiro atoms. The minimum Gasteiger partial charge on any atom is -0.493 e. The number of carbonyl (C=O) groups is 1. The molecule has 0 radical (unpaired) electrons. The van der Waals surface area contributed by atoms with Crippen molar-refractivity contribution in [1.82, 2.24) is 4.90 Å². The van der Waals surface area contributed by atoms with Crippen molar-refractivity contribution in [3.05, 3.63) is 59.7 Å². The molecule has 0 saturated heterocycles. The highest BCUT2D eigenvalue weighted by Gasteiger charge is 2.08. The standard InChI is InChI=1S/C22H27NO3S/c1-16(2)26-20-12-8-17(14-21(20)25-4)9-13-22(24)23(3)15-18-6-10-19(27-5)11-7-18/h6-14,16H,15H2,1-5H3/b13-9+. The normalized spacial score (nSPS) is 11.0. The second-order valence-corrected chi connectivity index (χ2v) is 7.33. The minimum atomic E-state index is -0.0505. The lowest BCUT2D eigenvalue weighted by molar-refractivity contribution is -0.125. The van der Waals surface area contributed by atoms with Crippen LogP contribution in [0, 0.1) is 0 Å². The summed E-state index contributed by atoms with van der Waals surface area (Å²) in [5.41, 5.74) is 1.99. The number of thioether (sulfide) groups is 1. The predicted molar refractivity (Wildman–Crippen MR) is 112 cm³/mol. The maximum atomic E-state index is 12.4. The van der Waals surface area contributed by atoms with Gasteiger partial charge in [0.15, 0.2) is 11.5 Å². The third kappa shape index (κ3) is 6.36. The highest BCUT2D eigenvalue weighted by Crippen LogP contribution is 2.29. The van der Waals surface area contributed by atoms with Gasteiger partial charge in [-0.25, -0.2) is 0 Å². The Bertz CT molecular complexity index is 785. The zero-order chi connectivity index (χ0) is 19.8. The average molecular weight is 386 g/mol. The Hall–Kier alpha value is -2.40. The third-order valence-corrected chi connectivity index (χ3v) is 4.67. The molecule has 0 aliphatic heterocycles. The first kappa shape index (κ1) is 20.9. The van der Waals surface area contributed by atoms with E-state index in [0.29, 0.717) is 18.0 Å². The Balaban J connectivity index is 2.01. The average Bonchev–Trinajstić information content (AvgIpc) is 2.67. The number of hydrogen-bond donors (Lipinski definition) is 0. The van der Waals surface area contributed by atoms with Crippen LogP contribution in [-0.4, -0.2) is 37.3 Å². The number of rotatable bonds is 8. The van der Waals surface area contributed by atoms with Gasteiger partial charge in [-0.05, 0) is 61.6 Å². The molecule has 0 atom stereocenters. The highest BCUT2D eigenvalue weighted by molar-refractivity contribution is 7.98. The molecule has 0 aliphatic carbocycles. The van der Waals surface area contributed by atoms with Crippen LogP contribution in [0.15, 0.2) is 53.4 Å². The highest BCUT2D eigenvalue weighted by atomic mass is 32.2. The van der Waals surface area contributed by atoms with E-state index >= 15 is 0 Å². The Labute approximate surface area is 166 Å². The van der Waals surface area contributed by atoms with Crippen molar-refractivity contribution in [3.8, 4) is 11.5 Å². The molecule has 4 nitrogen and oxygen atoms in total. The molecule has 0 unspecified atom stereocenters. The number of likely N-dealkylation sites (N-methyl/N-ethyl adjacent to an activating group) is 1. The van der Waals surface area contributed by atoms with E-state index in [9.17, 15) is 4.79 Å². The second kappa shape index (κ2) is 10.1. The molecule has 5 heteroatoms. The SMILES string of the molecule is COc1cc(/C=C/C(=O)N(C)Cc2ccc(SC)cc2)ccc1OC(C)C. The van der Waals surface area contributed by atoms with Crippen LogP contribution in [0.1, 0.15) is 25.0 Å². The largest absolute Gasteiger partial charge is 0.493 e. The van der Waals surface area contributed by atoms with Crippen molar-refractivity contribution in [2.75, 3.05) is 20.4 Å². The summed E-state index contributed by atoms with van der Waals surface area (Å²) in [6, 6.07) is 13.9.